The van der Waals surface area contributed by atoms with E-state index in [1.54, 1.807) is 19.1 Å². The van der Waals surface area contributed by atoms with E-state index >= 15 is 0 Å². The fraction of sp³-hybridized carbons (Fsp3) is 0.273. The first kappa shape index (κ1) is 13.3. The second kappa shape index (κ2) is 5.70. The van der Waals surface area contributed by atoms with Crippen molar-refractivity contribution in [3.8, 4) is 0 Å². The standard InChI is InChI=1S/C11H13N5O2S/c1-6-3-8(12)14-11(13-6)19-5-9(17)15-10-4-7(2)16-18-10/h3-4H,5H2,1-2H3,(H,15,17)(H2,12,13,14). The highest BCUT2D eigenvalue weighted by Crippen LogP contribution is 2.16. The third-order valence-electron chi connectivity index (χ3n) is 2.08. The predicted octanol–water partition coefficient (Wildman–Crippen LogP) is 1.39. The van der Waals surface area contributed by atoms with E-state index in [1.165, 1.54) is 11.8 Å². The molecule has 0 spiro atoms. The van der Waals surface area contributed by atoms with Crippen molar-refractivity contribution in [3.63, 3.8) is 0 Å². The number of thioether (sulfide) groups is 1. The van der Waals surface area contributed by atoms with Gasteiger partial charge in [-0.05, 0) is 13.8 Å². The van der Waals surface area contributed by atoms with Crippen LogP contribution in [0.15, 0.2) is 21.8 Å². The fourth-order valence-electron chi connectivity index (χ4n) is 1.36. The zero-order valence-electron chi connectivity index (χ0n) is 10.5. The second-order valence-corrected chi connectivity index (χ2v) is 4.83. The fourth-order valence-corrected chi connectivity index (χ4v) is 2.07. The average molecular weight is 279 g/mol. The molecule has 0 aliphatic rings. The van der Waals surface area contributed by atoms with Crippen LogP contribution in [-0.2, 0) is 4.79 Å². The molecule has 0 atom stereocenters. The topological polar surface area (TPSA) is 107 Å². The molecule has 0 bridgehead atoms. The summed E-state index contributed by atoms with van der Waals surface area (Å²) < 4.78 is 4.88. The number of amides is 1. The average Bonchev–Trinajstić information content (AvgIpc) is 2.71. The van der Waals surface area contributed by atoms with Crippen LogP contribution in [0.1, 0.15) is 11.4 Å². The minimum Gasteiger partial charge on any atom is -0.384 e. The molecule has 0 saturated carbocycles. The number of carbonyl (C=O) groups excluding carboxylic acids is 1. The third-order valence-corrected chi connectivity index (χ3v) is 2.92. The first-order valence-corrected chi connectivity index (χ1v) is 6.48. The van der Waals surface area contributed by atoms with Crippen LogP contribution < -0.4 is 11.1 Å². The minimum absolute atomic E-state index is 0.169. The van der Waals surface area contributed by atoms with Crippen molar-refractivity contribution in [3.05, 3.63) is 23.5 Å². The number of nitrogens with two attached hydrogens (primary N) is 1. The number of nitrogens with one attached hydrogen (secondary N) is 1. The Balaban J connectivity index is 1.89. The Hall–Kier alpha value is -2.09. The number of carbonyl (C=O) groups is 1. The van der Waals surface area contributed by atoms with Gasteiger partial charge in [0.25, 0.3) is 0 Å². The third kappa shape index (κ3) is 3.95. The van der Waals surface area contributed by atoms with Crippen LogP contribution in [0.5, 0.6) is 0 Å². The molecule has 0 unspecified atom stereocenters. The second-order valence-electron chi connectivity index (χ2n) is 3.89. The molecule has 0 saturated heterocycles. The van der Waals surface area contributed by atoms with Crippen molar-refractivity contribution < 1.29 is 9.32 Å². The molecule has 1 amide bonds. The van der Waals surface area contributed by atoms with Crippen LogP contribution in [0.2, 0.25) is 0 Å². The molecule has 2 rings (SSSR count). The maximum atomic E-state index is 11.7. The summed E-state index contributed by atoms with van der Waals surface area (Å²) >= 11 is 1.21. The number of aryl methyl sites for hydroxylation is 2. The molecule has 8 heteroatoms. The summed E-state index contributed by atoms with van der Waals surface area (Å²) in [7, 11) is 0. The molecule has 19 heavy (non-hydrogen) atoms. The number of aromatic nitrogens is 3. The molecule has 0 aliphatic heterocycles. The number of rotatable bonds is 4. The first-order valence-electron chi connectivity index (χ1n) is 5.50. The van der Waals surface area contributed by atoms with Crippen LogP contribution in [-0.4, -0.2) is 26.8 Å². The van der Waals surface area contributed by atoms with Gasteiger partial charge in [0.2, 0.25) is 11.8 Å². The minimum atomic E-state index is -0.218. The lowest BCUT2D eigenvalue weighted by atomic mass is 10.4. The van der Waals surface area contributed by atoms with Gasteiger partial charge in [-0.1, -0.05) is 16.9 Å². The highest BCUT2D eigenvalue weighted by molar-refractivity contribution is 7.99. The van der Waals surface area contributed by atoms with Gasteiger partial charge in [0, 0.05) is 17.8 Å². The van der Waals surface area contributed by atoms with Crippen molar-refractivity contribution in [2.75, 3.05) is 16.8 Å². The Morgan fingerprint density at radius 2 is 2.16 bits per heavy atom. The molecule has 2 heterocycles. The van der Waals surface area contributed by atoms with Gasteiger partial charge in [0.15, 0.2) is 5.16 Å². The molecule has 0 fully saturated rings. The number of nitrogens with zero attached hydrogens (tertiary/aromatic N) is 3. The Kier molecular flexibility index (Phi) is 4.00. The Labute approximate surface area is 114 Å². The van der Waals surface area contributed by atoms with Crippen molar-refractivity contribution in [1.29, 1.82) is 0 Å². The van der Waals surface area contributed by atoms with E-state index in [0.29, 0.717) is 22.6 Å². The quantitative estimate of drug-likeness (QED) is 0.643. The molecule has 2 aromatic rings. The predicted molar refractivity (Wildman–Crippen MR) is 71.8 cm³/mol. The Morgan fingerprint density at radius 3 is 2.79 bits per heavy atom. The summed E-state index contributed by atoms with van der Waals surface area (Å²) in [5, 5.41) is 6.73. The summed E-state index contributed by atoms with van der Waals surface area (Å²) in [5.74, 6) is 0.668. The zero-order chi connectivity index (χ0) is 13.8. The molecule has 0 aliphatic carbocycles. The molecule has 7 nitrogen and oxygen atoms in total. The van der Waals surface area contributed by atoms with Gasteiger partial charge < -0.3 is 10.3 Å². The number of hydrogen-bond donors (Lipinski definition) is 2. The van der Waals surface area contributed by atoms with E-state index in [0.717, 1.165) is 5.69 Å². The van der Waals surface area contributed by atoms with Gasteiger partial charge in [0.1, 0.15) is 5.82 Å². The lowest BCUT2D eigenvalue weighted by molar-refractivity contribution is -0.113. The molecule has 0 radical (unpaired) electrons. The maximum absolute atomic E-state index is 11.7. The van der Waals surface area contributed by atoms with E-state index < -0.39 is 0 Å². The van der Waals surface area contributed by atoms with Gasteiger partial charge in [0.05, 0.1) is 11.4 Å². The van der Waals surface area contributed by atoms with Gasteiger partial charge in [-0.15, -0.1) is 0 Å². The van der Waals surface area contributed by atoms with Gasteiger partial charge in [-0.25, -0.2) is 9.97 Å². The van der Waals surface area contributed by atoms with Crippen LogP contribution in [0.25, 0.3) is 0 Å². The smallest absolute Gasteiger partial charge is 0.237 e. The SMILES string of the molecule is Cc1cc(NC(=O)CSc2nc(C)cc(N)n2)on1. The van der Waals surface area contributed by atoms with Gasteiger partial charge in [-0.3, -0.25) is 10.1 Å². The van der Waals surface area contributed by atoms with Crippen molar-refractivity contribution in [2.24, 2.45) is 0 Å². The van der Waals surface area contributed by atoms with E-state index in [1.807, 2.05) is 6.92 Å². The summed E-state index contributed by atoms with van der Waals surface area (Å²) in [6, 6.07) is 3.31. The molecular formula is C11H13N5O2S. The number of nitrogen functional groups attached to an aromatic ring is 1. The number of anilines is 2. The van der Waals surface area contributed by atoms with Crippen molar-refractivity contribution in [2.45, 2.75) is 19.0 Å². The van der Waals surface area contributed by atoms with Crippen LogP contribution in [0.3, 0.4) is 0 Å². The molecular weight excluding hydrogens is 266 g/mol. The molecule has 3 N–H and O–H groups in total. The van der Waals surface area contributed by atoms with Gasteiger partial charge >= 0.3 is 0 Å². The summed E-state index contributed by atoms with van der Waals surface area (Å²) in [4.78, 5) is 19.9. The molecule has 2 aromatic heterocycles. The largest absolute Gasteiger partial charge is 0.384 e. The lowest BCUT2D eigenvalue weighted by Gasteiger charge is -2.02. The zero-order valence-corrected chi connectivity index (χ0v) is 11.3. The van der Waals surface area contributed by atoms with E-state index in [2.05, 4.69) is 20.4 Å². The molecule has 0 aromatic carbocycles. The van der Waals surface area contributed by atoms with Crippen LogP contribution in [0.4, 0.5) is 11.7 Å². The maximum Gasteiger partial charge on any atom is 0.237 e. The lowest BCUT2D eigenvalue weighted by Crippen LogP contribution is -2.14. The highest BCUT2D eigenvalue weighted by Gasteiger charge is 2.09. The van der Waals surface area contributed by atoms with E-state index in [9.17, 15) is 4.79 Å². The normalized spacial score (nSPS) is 10.4. The van der Waals surface area contributed by atoms with E-state index in [4.69, 9.17) is 10.3 Å². The Morgan fingerprint density at radius 1 is 1.37 bits per heavy atom. The summed E-state index contributed by atoms with van der Waals surface area (Å²) in [6.07, 6.45) is 0. The van der Waals surface area contributed by atoms with Crippen LogP contribution in [0, 0.1) is 13.8 Å². The summed E-state index contributed by atoms with van der Waals surface area (Å²) in [5.41, 5.74) is 7.08. The summed E-state index contributed by atoms with van der Waals surface area (Å²) in [6.45, 7) is 3.59. The van der Waals surface area contributed by atoms with Gasteiger partial charge in [-0.2, -0.15) is 0 Å². The highest BCUT2D eigenvalue weighted by atomic mass is 32.2. The number of hydrogen-bond acceptors (Lipinski definition) is 7. The van der Waals surface area contributed by atoms with Crippen molar-refractivity contribution in [1.82, 2.24) is 15.1 Å². The monoisotopic (exact) mass is 279 g/mol. The van der Waals surface area contributed by atoms with Crippen LogP contribution >= 0.6 is 11.8 Å². The molecule has 100 valence electrons. The Bertz CT molecular complexity index is 578. The first-order chi connectivity index (χ1) is 9.02. The van der Waals surface area contributed by atoms with E-state index in [-0.39, 0.29) is 11.7 Å². The van der Waals surface area contributed by atoms with Crippen molar-refractivity contribution >= 4 is 29.4 Å².